The number of nitrogens with zero attached hydrogens (tertiary/aromatic N) is 3. The fourth-order valence-corrected chi connectivity index (χ4v) is 1.49. The number of aliphatic hydroxyl groups excluding tert-OH is 1. The number of hydrogen-bond acceptors (Lipinski definition) is 6. The molecule has 0 aromatic carbocycles. The van der Waals surface area contributed by atoms with Crippen molar-refractivity contribution in [1.29, 1.82) is 0 Å². The van der Waals surface area contributed by atoms with Gasteiger partial charge in [0.1, 0.15) is 5.02 Å². The molecule has 1 aliphatic rings. The maximum absolute atomic E-state index is 9.13. The summed E-state index contributed by atoms with van der Waals surface area (Å²) in [6.45, 7) is 1.08. The minimum absolute atomic E-state index is 0.296. The average Bonchev–Trinajstić information content (AvgIpc) is 2.14. The van der Waals surface area contributed by atoms with E-state index in [1.54, 1.807) is 0 Å². The van der Waals surface area contributed by atoms with Crippen molar-refractivity contribution in [3.8, 4) is 0 Å². The molecule has 1 saturated heterocycles. The molecule has 1 aliphatic heterocycles. The van der Waals surface area contributed by atoms with Crippen LogP contribution in [0.15, 0.2) is 6.20 Å². The summed E-state index contributed by atoms with van der Waals surface area (Å²) in [5, 5.41) is 9.58. The number of aromatic nitrogens is 2. The number of aliphatic hydroxyl groups is 1. The maximum atomic E-state index is 9.13. The van der Waals surface area contributed by atoms with E-state index in [0.717, 1.165) is 0 Å². The first-order chi connectivity index (χ1) is 6.70. The monoisotopic (exact) mass is 215 g/mol. The zero-order chi connectivity index (χ0) is 10.1. The highest BCUT2D eigenvalue weighted by atomic mass is 35.5. The van der Waals surface area contributed by atoms with Gasteiger partial charge in [0.25, 0.3) is 0 Å². The van der Waals surface area contributed by atoms with Crippen molar-refractivity contribution in [2.24, 2.45) is 5.84 Å². The van der Waals surface area contributed by atoms with E-state index in [4.69, 9.17) is 22.6 Å². The van der Waals surface area contributed by atoms with Gasteiger partial charge in [-0.1, -0.05) is 11.6 Å². The molecule has 1 aromatic rings. The number of nitrogens with one attached hydrogen (secondary N) is 1. The van der Waals surface area contributed by atoms with Gasteiger partial charge in [-0.15, -0.1) is 0 Å². The summed E-state index contributed by atoms with van der Waals surface area (Å²) in [5.41, 5.74) is 2.34. The molecule has 0 aliphatic carbocycles. The van der Waals surface area contributed by atoms with Crippen LogP contribution in [0.25, 0.3) is 0 Å². The van der Waals surface area contributed by atoms with E-state index in [1.165, 1.54) is 6.20 Å². The molecule has 0 radical (unpaired) electrons. The quantitative estimate of drug-likeness (QED) is 0.460. The van der Waals surface area contributed by atoms with Crippen LogP contribution in [0.2, 0.25) is 5.02 Å². The Hall–Kier alpha value is -1.11. The number of hydrogen-bond donors (Lipinski definition) is 3. The first-order valence-corrected chi connectivity index (χ1v) is 4.50. The molecule has 0 amide bonds. The summed E-state index contributed by atoms with van der Waals surface area (Å²) in [6.07, 6.45) is 1.18. The fourth-order valence-electron chi connectivity index (χ4n) is 1.28. The van der Waals surface area contributed by atoms with Crippen LogP contribution in [0.1, 0.15) is 0 Å². The average molecular weight is 216 g/mol. The first-order valence-electron chi connectivity index (χ1n) is 4.13. The van der Waals surface area contributed by atoms with Crippen LogP contribution in [0, 0.1) is 0 Å². The number of hydrazine groups is 1. The number of anilines is 2. The van der Waals surface area contributed by atoms with E-state index >= 15 is 0 Å². The highest BCUT2D eigenvalue weighted by Gasteiger charge is 2.27. The van der Waals surface area contributed by atoms with Gasteiger partial charge in [0.05, 0.1) is 12.3 Å². The van der Waals surface area contributed by atoms with E-state index in [-0.39, 0.29) is 6.10 Å². The molecule has 14 heavy (non-hydrogen) atoms. The molecule has 0 unspecified atom stereocenters. The van der Waals surface area contributed by atoms with Gasteiger partial charge in [0.15, 0.2) is 5.82 Å². The lowest BCUT2D eigenvalue weighted by atomic mass is 10.2. The van der Waals surface area contributed by atoms with Crippen molar-refractivity contribution in [2.75, 3.05) is 23.4 Å². The van der Waals surface area contributed by atoms with Gasteiger partial charge in [-0.2, -0.15) is 4.98 Å². The lowest BCUT2D eigenvalue weighted by Crippen LogP contribution is -2.51. The molecule has 76 valence electrons. The Kier molecular flexibility index (Phi) is 2.40. The largest absolute Gasteiger partial charge is 0.389 e. The molecule has 0 bridgehead atoms. The Balaban J connectivity index is 2.23. The van der Waals surface area contributed by atoms with Crippen molar-refractivity contribution >= 4 is 23.4 Å². The molecule has 1 aromatic heterocycles. The van der Waals surface area contributed by atoms with E-state index in [1.807, 2.05) is 4.90 Å². The number of nitrogen functional groups attached to an aromatic ring is 1. The SMILES string of the molecule is NNc1ncc(Cl)c(N2CC(O)C2)n1. The second kappa shape index (κ2) is 3.56. The van der Waals surface area contributed by atoms with Crippen molar-refractivity contribution in [2.45, 2.75) is 6.10 Å². The first kappa shape index (κ1) is 9.45. The van der Waals surface area contributed by atoms with E-state index in [0.29, 0.717) is 29.9 Å². The van der Waals surface area contributed by atoms with Crippen molar-refractivity contribution in [3.05, 3.63) is 11.2 Å². The molecule has 1 fully saturated rings. The van der Waals surface area contributed by atoms with Gasteiger partial charge < -0.3 is 10.0 Å². The van der Waals surface area contributed by atoms with Gasteiger partial charge >= 0.3 is 0 Å². The van der Waals surface area contributed by atoms with Gasteiger partial charge in [-0.25, -0.2) is 10.8 Å². The van der Waals surface area contributed by atoms with Crippen LogP contribution in [0.3, 0.4) is 0 Å². The number of β-amino-alcohol motifs (C(OH)–C–C–N with tert-alkyl or cyclic N) is 1. The van der Waals surface area contributed by atoms with Crippen LogP contribution in [-0.2, 0) is 0 Å². The van der Waals surface area contributed by atoms with Crippen LogP contribution in [0.4, 0.5) is 11.8 Å². The predicted molar refractivity (Wildman–Crippen MR) is 53.1 cm³/mol. The second-order valence-corrected chi connectivity index (χ2v) is 3.48. The maximum Gasteiger partial charge on any atom is 0.239 e. The molecular formula is C7H10ClN5O. The van der Waals surface area contributed by atoms with E-state index in [2.05, 4.69) is 15.4 Å². The van der Waals surface area contributed by atoms with Gasteiger partial charge in [0.2, 0.25) is 5.95 Å². The molecular weight excluding hydrogens is 206 g/mol. The van der Waals surface area contributed by atoms with Gasteiger partial charge in [-0.05, 0) is 0 Å². The lowest BCUT2D eigenvalue weighted by Gasteiger charge is -2.37. The summed E-state index contributed by atoms with van der Waals surface area (Å²) in [4.78, 5) is 9.79. The van der Waals surface area contributed by atoms with Crippen LogP contribution < -0.4 is 16.2 Å². The summed E-state index contributed by atoms with van der Waals surface area (Å²) in [7, 11) is 0. The predicted octanol–water partition coefficient (Wildman–Crippen LogP) is -0.404. The summed E-state index contributed by atoms with van der Waals surface area (Å²) < 4.78 is 0. The Bertz CT molecular complexity index is 341. The standard InChI is InChI=1S/C7H10ClN5O/c8-5-1-10-7(12-9)11-6(5)13-2-4(14)3-13/h1,4,14H,2-3,9H2,(H,10,11,12). The van der Waals surface area contributed by atoms with E-state index < -0.39 is 0 Å². The molecule has 6 nitrogen and oxygen atoms in total. The number of rotatable bonds is 2. The highest BCUT2D eigenvalue weighted by Crippen LogP contribution is 2.27. The molecule has 2 heterocycles. The smallest absolute Gasteiger partial charge is 0.239 e. The van der Waals surface area contributed by atoms with Crippen molar-refractivity contribution in [3.63, 3.8) is 0 Å². The second-order valence-electron chi connectivity index (χ2n) is 3.07. The lowest BCUT2D eigenvalue weighted by molar-refractivity contribution is 0.141. The molecule has 4 N–H and O–H groups in total. The van der Waals surface area contributed by atoms with Crippen LogP contribution in [-0.4, -0.2) is 34.3 Å². The molecule has 0 atom stereocenters. The van der Waals surface area contributed by atoms with E-state index in [9.17, 15) is 0 Å². The number of nitrogens with two attached hydrogens (primary N) is 1. The third kappa shape index (κ3) is 1.59. The van der Waals surface area contributed by atoms with Gasteiger partial charge in [-0.3, -0.25) is 5.43 Å². The molecule has 0 spiro atoms. The zero-order valence-corrected chi connectivity index (χ0v) is 8.07. The Labute approximate surface area is 85.7 Å². The molecule has 2 rings (SSSR count). The minimum atomic E-state index is -0.296. The zero-order valence-electron chi connectivity index (χ0n) is 7.31. The highest BCUT2D eigenvalue weighted by molar-refractivity contribution is 6.32. The van der Waals surface area contributed by atoms with Crippen LogP contribution >= 0.6 is 11.6 Å². The molecule has 0 saturated carbocycles. The van der Waals surface area contributed by atoms with Crippen LogP contribution in [0.5, 0.6) is 0 Å². The summed E-state index contributed by atoms with van der Waals surface area (Å²) in [5.74, 6) is 6.08. The Morgan fingerprint density at radius 3 is 2.93 bits per heavy atom. The third-order valence-electron chi connectivity index (χ3n) is 2.02. The molecule has 7 heteroatoms. The van der Waals surface area contributed by atoms with Crippen molar-refractivity contribution in [1.82, 2.24) is 9.97 Å². The normalized spacial score (nSPS) is 16.6. The van der Waals surface area contributed by atoms with Crippen molar-refractivity contribution < 1.29 is 5.11 Å². The summed E-state index contributed by atoms with van der Waals surface area (Å²) >= 11 is 5.89. The van der Waals surface area contributed by atoms with Gasteiger partial charge in [0, 0.05) is 13.1 Å². The Morgan fingerprint density at radius 1 is 1.64 bits per heavy atom. The fraction of sp³-hybridized carbons (Fsp3) is 0.429. The Morgan fingerprint density at radius 2 is 2.36 bits per heavy atom. The minimum Gasteiger partial charge on any atom is -0.389 e. The third-order valence-corrected chi connectivity index (χ3v) is 2.28. The number of halogens is 1. The summed E-state index contributed by atoms with van der Waals surface area (Å²) in [6, 6.07) is 0. The topological polar surface area (TPSA) is 87.3 Å².